The molecule has 1 amide bonds. The molecule has 154 valence electrons. The highest BCUT2D eigenvalue weighted by Crippen LogP contribution is 2.43. The van der Waals surface area contributed by atoms with E-state index in [9.17, 15) is 4.79 Å². The maximum absolute atomic E-state index is 12.3. The molecule has 4 unspecified atom stereocenters. The van der Waals surface area contributed by atoms with Gasteiger partial charge in [-0.1, -0.05) is 0 Å². The number of nitrogens with one attached hydrogen (secondary N) is 2. The molecule has 0 radical (unpaired) electrons. The first-order valence-electron chi connectivity index (χ1n) is 9.90. The second kappa shape index (κ2) is 7.29. The minimum atomic E-state index is -0.602. The lowest BCUT2D eigenvalue weighted by Gasteiger charge is -2.38. The highest BCUT2D eigenvalue weighted by molar-refractivity contribution is 6.22. The van der Waals surface area contributed by atoms with Crippen molar-refractivity contribution in [2.45, 2.75) is 55.5 Å². The van der Waals surface area contributed by atoms with Crippen LogP contribution in [0.15, 0.2) is 0 Å². The molecule has 1 aliphatic carbocycles. The number of carbonyl (C=O) groups excluding carboxylic acids is 1. The Labute approximate surface area is 169 Å². The highest BCUT2D eigenvalue weighted by Gasteiger charge is 2.44. The van der Waals surface area contributed by atoms with Crippen LogP contribution in [-0.2, 0) is 0 Å². The van der Waals surface area contributed by atoms with Crippen LogP contribution in [-0.4, -0.2) is 52.5 Å². The first-order chi connectivity index (χ1) is 13.3. The molecule has 0 bridgehead atoms. The topological polar surface area (TPSA) is 148 Å². The van der Waals surface area contributed by atoms with Crippen LogP contribution in [0.1, 0.15) is 54.6 Å². The van der Waals surface area contributed by atoms with Gasteiger partial charge in [0.1, 0.15) is 11.5 Å². The third-order valence-electron chi connectivity index (χ3n) is 6.47. The zero-order valence-corrected chi connectivity index (χ0v) is 16.9. The summed E-state index contributed by atoms with van der Waals surface area (Å²) in [6.45, 7) is 4.36. The van der Waals surface area contributed by atoms with Gasteiger partial charge in [-0.05, 0) is 38.5 Å². The predicted molar refractivity (Wildman–Crippen MR) is 109 cm³/mol. The number of hydrogen-bond acceptors (Lipinski definition) is 8. The molecule has 2 aliphatic heterocycles. The molecular weight excluding hydrogens is 380 g/mol. The fourth-order valence-electron chi connectivity index (χ4n) is 4.67. The summed E-state index contributed by atoms with van der Waals surface area (Å²) >= 11 is 6.80. The molecular formula is C18H29ClN8O. The van der Waals surface area contributed by atoms with Gasteiger partial charge in [0.15, 0.2) is 0 Å². The molecule has 4 rings (SSSR count). The summed E-state index contributed by atoms with van der Waals surface area (Å²) in [5.41, 5.74) is 25.2. The maximum atomic E-state index is 12.3. The lowest BCUT2D eigenvalue weighted by molar-refractivity contribution is 0.0993. The number of hydrazine groups is 1. The van der Waals surface area contributed by atoms with Gasteiger partial charge in [0, 0.05) is 42.7 Å². The van der Waals surface area contributed by atoms with Crippen molar-refractivity contribution < 1.29 is 4.79 Å². The van der Waals surface area contributed by atoms with E-state index in [1.807, 2.05) is 11.8 Å². The van der Waals surface area contributed by atoms with E-state index >= 15 is 0 Å². The SMILES string of the molecule is CC1(N)CCN(c2nc(N)c(C3CCC4CNNC4C3Cl)c(C(N)=O)n2)CC1. The summed E-state index contributed by atoms with van der Waals surface area (Å²) in [4.78, 5) is 23.3. The number of aromatic nitrogens is 2. The van der Waals surface area contributed by atoms with Gasteiger partial charge >= 0.3 is 0 Å². The molecule has 10 heteroatoms. The Morgan fingerprint density at radius 1 is 1.29 bits per heavy atom. The largest absolute Gasteiger partial charge is 0.383 e. The van der Waals surface area contributed by atoms with Gasteiger partial charge in [-0.3, -0.25) is 15.6 Å². The van der Waals surface area contributed by atoms with Crippen molar-refractivity contribution >= 4 is 29.3 Å². The van der Waals surface area contributed by atoms with Crippen LogP contribution in [0.2, 0.25) is 0 Å². The molecule has 0 aromatic carbocycles. The second-order valence-corrected chi connectivity index (χ2v) is 9.12. The Balaban J connectivity index is 1.66. The molecule has 1 saturated carbocycles. The number of halogens is 1. The molecule has 8 N–H and O–H groups in total. The molecule has 2 saturated heterocycles. The van der Waals surface area contributed by atoms with E-state index in [-0.39, 0.29) is 28.6 Å². The van der Waals surface area contributed by atoms with E-state index in [0.29, 0.717) is 36.3 Å². The van der Waals surface area contributed by atoms with Gasteiger partial charge in [-0.25, -0.2) is 4.98 Å². The average Bonchev–Trinajstić information content (AvgIpc) is 3.11. The van der Waals surface area contributed by atoms with Crippen molar-refractivity contribution in [2.24, 2.45) is 17.4 Å². The summed E-state index contributed by atoms with van der Waals surface area (Å²) in [6.07, 6.45) is 3.44. The molecule has 0 spiro atoms. The van der Waals surface area contributed by atoms with Crippen molar-refractivity contribution in [3.8, 4) is 0 Å². The first kappa shape index (κ1) is 19.6. The van der Waals surface area contributed by atoms with Crippen molar-refractivity contribution in [3.63, 3.8) is 0 Å². The fourth-order valence-corrected chi connectivity index (χ4v) is 5.19. The summed E-state index contributed by atoms with van der Waals surface area (Å²) in [5.74, 6) is 0.470. The van der Waals surface area contributed by atoms with Gasteiger partial charge < -0.3 is 22.1 Å². The number of nitrogens with zero attached hydrogens (tertiary/aromatic N) is 3. The number of amides is 1. The maximum Gasteiger partial charge on any atom is 0.267 e. The minimum Gasteiger partial charge on any atom is -0.383 e. The van der Waals surface area contributed by atoms with Crippen molar-refractivity contribution in [1.82, 2.24) is 20.8 Å². The first-order valence-corrected chi connectivity index (χ1v) is 10.3. The molecule has 28 heavy (non-hydrogen) atoms. The van der Waals surface area contributed by atoms with Gasteiger partial charge in [0.25, 0.3) is 5.91 Å². The van der Waals surface area contributed by atoms with Gasteiger partial charge in [0.05, 0.1) is 5.38 Å². The number of piperidine rings is 1. The van der Waals surface area contributed by atoms with Crippen LogP contribution in [0.3, 0.4) is 0 Å². The number of hydrogen-bond donors (Lipinski definition) is 5. The lowest BCUT2D eigenvalue weighted by atomic mass is 9.75. The number of fused-ring (bicyclic) bond motifs is 1. The Morgan fingerprint density at radius 2 is 2.00 bits per heavy atom. The number of primary amides is 1. The zero-order valence-electron chi connectivity index (χ0n) is 16.1. The number of nitrogens with two attached hydrogens (primary N) is 3. The van der Waals surface area contributed by atoms with E-state index in [2.05, 4.69) is 20.8 Å². The lowest BCUT2D eigenvalue weighted by Crippen LogP contribution is -2.49. The summed E-state index contributed by atoms with van der Waals surface area (Å²) in [6, 6.07) is 0.115. The molecule has 1 aromatic rings. The predicted octanol–water partition coefficient (Wildman–Crippen LogP) is 0.0527. The van der Waals surface area contributed by atoms with Gasteiger partial charge in [-0.15, -0.1) is 11.6 Å². The van der Waals surface area contributed by atoms with Crippen LogP contribution >= 0.6 is 11.6 Å². The summed E-state index contributed by atoms with van der Waals surface area (Å²) in [5, 5.41) is -0.225. The Morgan fingerprint density at radius 3 is 2.68 bits per heavy atom. The monoisotopic (exact) mass is 408 g/mol. The number of rotatable bonds is 3. The Kier molecular flexibility index (Phi) is 5.11. The number of nitrogen functional groups attached to an aromatic ring is 1. The second-order valence-electron chi connectivity index (χ2n) is 8.62. The standard InChI is InChI=1S/C18H29ClN8O/c1-18(22)4-6-27(7-5-18)17-24-14(16(21)28)11(15(20)25-17)10-3-2-9-8-23-26-13(9)12(10)19/h9-10,12-13,23,26H,2-8,22H2,1H3,(H2,21,28)(H2,20,24,25). The molecule has 4 atom stereocenters. The van der Waals surface area contributed by atoms with Crippen LogP contribution in [0.4, 0.5) is 11.8 Å². The molecule has 9 nitrogen and oxygen atoms in total. The average molecular weight is 409 g/mol. The summed E-state index contributed by atoms with van der Waals surface area (Å²) < 4.78 is 0. The van der Waals surface area contributed by atoms with E-state index in [1.165, 1.54) is 0 Å². The van der Waals surface area contributed by atoms with Crippen LogP contribution in [0, 0.1) is 5.92 Å². The molecule has 3 aliphatic rings. The normalized spacial score (nSPS) is 32.2. The molecule has 3 heterocycles. The summed E-state index contributed by atoms with van der Waals surface area (Å²) in [7, 11) is 0. The van der Waals surface area contributed by atoms with Crippen LogP contribution in [0.25, 0.3) is 0 Å². The van der Waals surface area contributed by atoms with E-state index < -0.39 is 5.91 Å². The highest BCUT2D eigenvalue weighted by atomic mass is 35.5. The van der Waals surface area contributed by atoms with Crippen LogP contribution in [0.5, 0.6) is 0 Å². The van der Waals surface area contributed by atoms with E-state index in [0.717, 1.165) is 32.2 Å². The van der Waals surface area contributed by atoms with E-state index in [1.54, 1.807) is 0 Å². The number of carbonyl (C=O) groups is 1. The molecule has 1 aromatic heterocycles. The smallest absolute Gasteiger partial charge is 0.267 e. The minimum absolute atomic E-state index is 0.115. The van der Waals surface area contributed by atoms with Crippen LogP contribution < -0.4 is 33.0 Å². The third kappa shape index (κ3) is 3.52. The van der Waals surface area contributed by atoms with Crippen molar-refractivity contribution in [1.29, 1.82) is 0 Å². The van der Waals surface area contributed by atoms with Crippen molar-refractivity contribution in [2.75, 3.05) is 30.3 Å². The fraction of sp³-hybridized carbons (Fsp3) is 0.722. The Hall–Kier alpha value is -1.68. The quantitative estimate of drug-likeness (QED) is 0.440. The Bertz CT molecular complexity index is 762. The van der Waals surface area contributed by atoms with Crippen molar-refractivity contribution in [3.05, 3.63) is 11.3 Å². The van der Waals surface area contributed by atoms with E-state index in [4.69, 9.17) is 28.8 Å². The zero-order chi connectivity index (χ0) is 20.1. The number of alkyl halides is 1. The van der Waals surface area contributed by atoms with Gasteiger partial charge in [0.2, 0.25) is 5.95 Å². The van der Waals surface area contributed by atoms with Gasteiger partial charge in [-0.2, -0.15) is 4.98 Å². The molecule has 3 fully saturated rings. The number of anilines is 2. The third-order valence-corrected chi connectivity index (χ3v) is 7.05.